The number of anilines is 1. The fourth-order valence-corrected chi connectivity index (χ4v) is 5.20. The molecule has 2 heterocycles. The molecular formula is C20H30N2OS. The second kappa shape index (κ2) is 7.92. The van der Waals surface area contributed by atoms with Crippen LogP contribution in [0.15, 0.2) is 30.3 Å². The van der Waals surface area contributed by atoms with Crippen LogP contribution in [0.2, 0.25) is 0 Å². The van der Waals surface area contributed by atoms with Crippen LogP contribution in [0.4, 0.5) is 5.69 Å². The van der Waals surface area contributed by atoms with E-state index in [1.54, 1.807) is 0 Å². The van der Waals surface area contributed by atoms with Crippen molar-refractivity contribution >= 4 is 23.4 Å². The quantitative estimate of drug-likeness (QED) is 0.817. The molecule has 4 heteroatoms. The summed E-state index contributed by atoms with van der Waals surface area (Å²) in [5.41, 5.74) is 1.06. The average Bonchev–Trinajstić information content (AvgIpc) is 2.56. The summed E-state index contributed by atoms with van der Waals surface area (Å²) in [7, 11) is 0. The van der Waals surface area contributed by atoms with Crippen molar-refractivity contribution in [3.05, 3.63) is 30.3 Å². The van der Waals surface area contributed by atoms with Gasteiger partial charge in [0.1, 0.15) is 0 Å². The van der Waals surface area contributed by atoms with Gasteiger partial charge in [-0.05, 0) is 56.7 Å². The Morgan fingerprint density at radius 3 is 2.58 bits per heavy atom. The van der Waals surface area contributed by atoms with Gasteiger partial charge in [0.2, 0.25) is 5.91 Å². The second-order valence-corrected chi connectivity index (χ2v) is 9.49. The molecule has 0 aliphatic carbocycles. The van der Waals surface area contributed by atoms with E-state index in [0.717, 1.165) is 37.4 Å². The van der Waals surface area contributed by atoms with Gasteiger partial charge >= 0.3 is 0 Å². The molecule has 0 spiro atoms. The maximum Gasteiger partial charge on any atom is 0.241 e. The Morgan fingerprint density at radius 1 is 1.21 bits per heavy atom. The number of para-hydroxylation sites is 1. The molecule has 1 aromatic carbocycles. The highest BCUT2D eigenvalue weighted by atomic mass is 32.2. The molecule has 1 aromatic rings. The van der Waals surface area contributed by atoms with Crippen LogP contribution in [0, 0.1) is 0 Å². The van der Waals surface area contributed by atoms with E-state index < -0.39 is 0 Å². The Morgan fingerprint density at radius 2 is 1.92 bits per heavy atom. The normalized spacial score (nSPS) is 24.5. The summed E-state index contributed by atoms with van der Waals surface area (Å²) in [6.07, 6.45) is 5.92. The van der Waals surface area contributed by atoms with Crippen molar-refractivity contribution < 1.29 is 4.79 Å². The first kappa shape index (κ1) is 17.8. The predicted octanol–water partition coefficient (Wildman–Crippen LogP) is 4.18. The molecular weight excluding hydrogens is 316 g/mol. The molecule has 2 saturated heterocycles. The van der Waals surface area contributed by atoms with E-state index in [0.29, 0.717) is 12.6 Å². The summed E-state index contributed by atoms with van der Waals surface area (Å²) in [6.45, 7) is 7.32. The SMILES string of the molecule is CC1(C)CC(N(C(=O)CN2CCCCC2)c2ccccc2)CCS1. The van der Waals surface area contributed by atoms with Crippen molar-refractivity contribution in [1.82, 2.24) is 4.90 Å². The predicted molar refractivity (Wildman–Crippen MR) is 104 cm³/mol. The molecule has 1 amide bonds. The lowest BCUT2D eigenvalue weighted by Gasteiger charge is -2.41. The molecule has 0 saturated carbocycles. The zero-order valence-corrected chi connectivity index (χ0v) is 15.9. The van der Waals surface area contributed by atoms with Crippen LogP contribution in [-0.4, -0.2) is 47.0 Å². The smallest absolute Gasteiger partial charge is 0.241 e. The van der Waals surface area contributed by atoms with Gasteiger partial charge in [0.15, 0.2) is 0 Å². The van der Waals surface area contributed by atoms with Crippen molar-refractivity contribution in [3.8, 4) is 0 Å². The Balaban J connectivity index is 1.78. The Kier molecular flexibility index (Phi) is 5.88. The molecule has 0 aromatic heterocycles. The number of carbonyl (C=O) groups is 1. The van der Waals surface area contributed by atoms with Crippen molar-refractivity contribution in [1.29, 1.82) is 0 Å². The van der Waals surface area contributed by atoms with Crippen molar-refractivity contribution in [2.75, 3.05) is 30.3 Å². The van der Waals surface area contributed by atoms with Crippen LogP contribution < -0.4 is 4.90 Å². The lowest BCUT2D eigenvalue weighted by Crippen LogP contribution is -2.50. The zero-order valence-electron chi connectivity index (χ0n) is 15.0. The highest BCUT2D eigenvalue weighted by Crippen LogP contribution is 2.38. The molecule has 2 fully saturated rings. The summed E-state index contributed by atoms with van der Waals surface area (Å²) in [4.78, 5) is 17.6. The number of rotatable bonds is 4. The minimum atomic E-state index is 0.251. The third-order valence-corrected chi connectivity index (χ3v) is 6.53. The van der Waals surface area contributed by atoms with Gasteiger partial charge in [-0.15, -0.1) is 0 Å². The number of hydrogen-bond acceptors (Lipinski definition) is 3. The molecule has 3 nitrogen and oxygen atoms in total. The third-order valence-electron chi connectivity index (χ3n) is 5.15. The van der Waals surface area contributed by atoms with Crippen LogP contribution >= 0.6 is 11.8 Å². The monoisotopic (exact) mass is 346 g/mol. The molecule has 2 aliphatic heterocycles. The topological polar surface area (TPSA) is 23.6 Å². The Labute approximate surface area is 150 Å². The number of hydrogen-bond donors (Lipinski definition) is 0. The van der Waals surface area contributed by atoms with Crippen LogP contribution in [0.1, 0.15) is 46.0 Å². The highest BCUT2D eigenvalue weighted by Gasteiger charge is 2.35. The minimum absolute atomic E-state index is 0.251. The van der Waals surface area contributed by atoms with Crippen LogP contribution in [0.25, 0.3) is 0 Å². The van der Waals surface area contributed by atoms with E-state index in [4.69, 9.17) is 0 Å². The van der Waals surface area contributed by atoms with E-state index in [2.05, 4.69) is 35.8 Å². The maximum absolute atomic E-state index is 13.2. The first-order valence-electron chi connectivity index (χ1n) is 9.29. The molecule has 2 aliphatic rings. The first-order chi connectivity index (χ1) is 11.6. The summed E-state index contributed by atoms with van der Waals surface area (Å²) >= 11 is 2.04. The lowest BCUT2D eigenvalue weighted by molar-refractivity contribution is -0.120. The van der Waals surface area contributed by atoms with Gasteiger partial charge in [0, 0.05) is 16.5 Å². The van der Waals surface area contributed by atoms with E-state index in [9.17, 15) is 4.79 Å². The van der Waals surface area contributed by atoms with E-state index in [-0.39, 0.29) is 10.7 Å². The van der Waals surface area contributed by atoms with Crippen molar-refractivity contribution in [3.63, 3.8) is 0 Å². The number of thioether (sulfide) groups is 1. The standard InChI is InChI=1S/C20H30N2OS/c1-20(2)15-18(11-14-24-20)22(17-9-5-3-6-10-17)19(23)16-21-12-7-4-8-13-21/h3,5-6,9-10,18H,4,7-8,11-16H2,1-2H3. The molecule has 1 atom stereocenters. The molecule has 1 unspecified atom stereocenters. The van der Waals surface area contributed by atoms with Crippen LogP contribution in [0.3, 0.4) is 0 Å². The summed E-state index contributed by atoms with van der Waals surface area (Å²) in [5.74, 6) is 1.41. The molecule has 0 N–H and O–H groups in total. The summed E-state index contributed by atoms with van der Waals surface area (Å²) < 4.78 is 0.251. The highest BCUT2D eigenvalue weighted by molar-refractivity contribution is 8.00. The summed E-state index contributed by atoms with van der Waals surface area (Å²) in [5, 5.41) is 0. The lowest BCUT2D eigenvalue weighted by atomic mass is 9.97. The van der Waals surface area contributed by atoms with Gasteiger partial charge in [0.05, 0.1) is 6.54 Å². The zero-order chi connectivity index (χ0) is 17.0. The maximum atomic E-state index is 13.2. The fourth-order valence-electron chi connectivity index (χ4n) is 3.95. The largest absolute Gasteiger partial charge is 0.308 e. The number of piperidine rings is 1. The second-order valence-electron chi connectivity index (χ2n) is 7.69. The third kappa shape index (κ3) is 4.54. The van der Waals surface area contributed by atoms with Gasteiger partial charge in [-0.3, -0.25) is 9.69 Å². The van der Waals surface area contributed by atoms with Crippen molar-refractivity contribution in [2.24, 2.45) is 0 Å². The Hall–Kier alpha value is -1.00. The van der Waals surface area contributed by atoms with E-state index >= 15 is 0 Å². The number of carbonyl (C=O) groups excluding carboxylic acids is 1. The van der Waals surface area contributed by atoms with E-state index in [1.165, 1.54) is 19.3 Å². The average molecular weight is 347 g/mol. The molecule has 3 rings (SSSR count). The minimum Gasteiger partial charge on any atom is -0.308 e. The summed E-state index contributed by atoms with van der Waals surface area (Å²) in [6, 6.07) is 10.6. The molecule has 0 bridgehead atoms. The molecule has 132 valence electrons. The van der Waals surface area contributed by atoms with Gasteiger partial charge in [-0.2, -0.15) is 11.8 Å². The first-order valence-corrected chi connectivity index (χ1v) is 10.3. The number of amides is 1. The fraction of sp³-hybridized carbons (Fsp3) is 0.650. The van der Waals surface area contributed by atoms with Gasteiger partial charge in [-0.25, -0.2) is 0 Å². The number of nitrogens with zero attached hydrogens (tertiary/aromatic N) is 2. The Bertz CT molecular complexity index is 540. The van der Waals surface area contributed by atoms with Crippen LogP contribution in [0.5, 0.6) is 0 Å². The number of likely N-dealkylation sites (tertiary alicyclic amines) is 1. The van der Waals surface area contributed by atoms with Crippen molar-refractivity contribution in [2.45, 2.75) is 56.7 Å². The van der Waals surface area contributed by atoms with Gasteiger partial charge in [-0.1, -0.05) is 38.5 Å². The molecule has 0 radical (unpaired) electrons. The number of benzene rings is 1. The van der Waals surface area contributed by atoms with Gasteiger partial charge < -0.3 is 4.90 Å². The van der Waals surface area contributed by atoms with Gasteiger partial charge in [0.25, 0.3) is 0 Å². The van der Waals surface area contributed by atoms with Crippen LogP contribution in [-0.2, 0) is 4.79 Å². The van der Waals surface area contributed by atoms with E-state index in [1.807, 2.05) is 30.0 Å². The molecule has 24 heavy (non-hydrogen) atoms.